The van der Waals surface area contributed by atoms with E-state index in [0.29, 0.717) is 0 Å². The van der Waals surface area contributed by atoms with Crippen molar-refractivity contribution in [2.75, 3.05) is 0 Å². The van der Waals surface area contributed by atoms with Crippen LogP contribution in [0.25, 0.3) is 0 Å². The van der Waals surface area contributed by atoms with E-state index >= 15 is 0 Å². The van der Waals surface area contributed by atoms with Crippen molar-refractivity contribution in [2.45, 2.75) is 12.8 Å². The Morgan fingerprint density at radius 3 is 1.50 bits per heavy atom. The van der Waals surface area contributed by atoms with E-state index in [4.69, 9.17) is 0 Å². The summed E-state index contributed by atoms with van der Waals surface area (Å²) < 4.78 is 0. The topological polar surface area (TPSA) is 0 Å². The van der Waals surface area contributed by atoms with Gasteiger partial charge in [0.2, 0.25) is 0 Å². The summed E-state index contributed by atoms with van der Waals surface area (Å²) in [4.78, 5) is 0. The maximum Gasteiger partial charge on any atom is 2.00 e. The van der Waals surface area contributed by atoms with Gasteiger partial charge in [0.25, 0.3) is 0 Å². The van der Waals surface area contributed by atoms with Gasteiger partial charge in [0, 0.05) is 0 Å². The van der Waals surface area contributed by atoms with Crippen LogP contribution in [0, 0.1) is 12.8 Å². The molecular formula is C4H7BrZn. The van der Waals surface area contributed by atoms with E-state index in [0.717, 1.165) is 5.92 Å². The smallest absolute Gasteiger partial charge is 1.00 e. The Labute approximate surface area is 62.2 Å². The molecule has 1 saturated carbocycles. The van der Waals surface area contributed by atoms with Crippen LogP contribution in [0.1, 0.15) is 12.8 Å². The molecule has 0 aromatic carbocycles. The van der Waals surface area contributed by atoms with Crippen LogP contribution in [0.4, 0.5) is 0 Å². The molecule has 0 amide bonds. The third-order valence-electron chi connectivity index (χ3n) is 0.697. The Bertz CT molecular complexity index is 26.7. The molecule has 0 spiro atoms. The third-order valence-corrected chi connectivity index (χ3v) is 0.697. The Kier molecular flexibility index (Phi) is 7.23. The van der Waals surface area contributed by atoms with E-state index in [2.05, 4.69) is 6.92 Å². The zero-order valence-corrected chi connectivity index (χ0v) is 8.34. The van der Waals surface area contributed by atoms with E-state index < -0.39 is 0 Å². The SMILES string of the molecule is [Br-].[CH2-]C1CC1.[Zn+2]. The van der Waals surface area contributed by atoms with Gasteiger partial charge in [-0.2, -0.15) is 5.92 Å². The molecule has 0 heterocycles. The second-order valence-electron chi connectivity index (χ2n) is 1.44. The molecule has 0 nitrogen and oxygen atoms in total. The van der Waals surface area contributed by atoms with Crippen molar-refractivity contribution in [3.05, 3.63) is 6.92 Å². The number of hydrogen-bond acceptors (Lipinski definition) is 0. The first-order valence-corrected chi connectivity index (χ1v) is 1.72. The molecule has 1 fully saturated rings. The first-order valence-electron chi connectivity index (χ1n) is 1.72. The molecule has 0 saturated heterocycles. The molecule has 0 atom stereocenters. The van der Waals surface area contributed by atoms with E-state index in [1.807, 2.05) is 0 Å². The summed E-state index contributed by atoms with van der Waals surface area (Å²) in [6.07, 6.45) is 2.75. The molecule has 0 aromatic heterocycles. The first kappa shape index (κ1) is 10.2. The predicted molar refractivity (Wildman–Crippen MR) is 18.1 cm³/mol. The van der Waals surface area contributed by atoms with Crippen LogP contribution in [0.15, 0.2) is 0 Å². The van der Waals surface area contributed by atoms with E-state index in [1.54, 1.807) is 0 Å². The van der Waals surface area contributed by atoms with Gasteiger partial charge in [-0.1, -0.05) is 12.8 Å². The quantitative estimate of drug-likeness (QED) is 0.321. The van der Waals surface area contributed by atoms with Crippen molar-refractivity contribution in [3.8, 4) is 0 Å². The predicted octanol–water partition coefficient (Wildman–Crippen LogP) is -1.77. The van der Waals surface area contributed by atoms with Crippen molar-refractivity contribution in [3.63, 3.8) is 0 Å². The fourth-order valence-electron chi connectivity index (χ4n) is 0.118. The minimum absolute atomic E-state index is 0. The summed E-state index contributed by atoms with van der Waals surface area (Å²) in [7, 11) is 0. The molecule has 0 N–H and O–H groups in total. The second-order valence-corrected chi connectivity index (χ2v) is 1.44. The number of hydrogen-bond donors (Lipinski definition) is 0. The van der Waals surface area contributed by atoms with Crippen molar-refractivity contribution >= 4 is 0 Å². The maximum atomic E-state index is 3.75. The van der Waals surface area contributed by atoms with Crippen molar-refractivity contribution in [1.82, 2.24) is 0 Å². The molecule has 0 radical (unpaired) electrons. The van der Waals surface area contributed by atoms with Gasteiger partial charge in [0.15, 0.2) is 0 Å². The first-order chi connectivity index (χ1) is 1.89. The molecule has 2 heteroatoms. The Hall–Kier alpha value is 1.10. The van der Waals surface area contributed by atoms with E-state index in [1.165, 1.54) is 12.8 Å². The molecule has 0 aliphatic heterocycles. The third kappa shape index (κ3) is 5.10. The molecule has 0 bridgehead atoms. The van der Waals surface area contributed by atoms with Crippen LogP contribution in [-0.2, 0) is 19.5 Å². The average Bonchev–Trinajstić information content (AvgIpc) is 1.75. The van der Waals surface area contributed by atoms with Gasteiger partial charge in [0.1, 0.15) is 0 Å². The summed E-state index contributed by atoms with van der Waals surface area (Å²) in [5.74, 6) is 0.833. The van der Waals surface area contributed by atoms with Crippen LogP contribution in [0.5, 0.6) is 0 Å². The van der Waals surface area contributed by atoms with Crippen molar-refractivity contribution < 1.29 is 36.5 Å². The van der Waals surface area contributed by atoms with Gasteiger partial charge < -0.3 is 23.9 Å². The maximum absolute atomic E-state index is 3.75. The molecule has 6 heavy (non-hydrogen) atoms. The molecule has 0 unspecified atom stereocenters. The van der Waals surface area contributed by atoms with Gasteiger partial charge >= 0.3 is 19.5 Å². The van der Waals surface area contributed by atoms with Crippen molar-refractivity contribution in [1.29, 1.82) is 0 Å². The molecule has 0 aromatic rings. The van der Waals surface area contributed by atoms with Crippen LogP contribution in [0.3, 0.4) is 0 Å². The Morgan fingerprint density at radius 2 is 1.50 bits per heavy atom. The fourth-order valence-corrected chi connectivity index (χ4v) is 0.118. The second kappa shape index (κ2) is 4.27. The molecule has 1 aliphatic rings. The van der Waals surface area contributed by atoms with Crippen LogP contribution < -0.4 is 17.0 Å². The van der Waals surface area contributed by atoms with Gasteiger partial charge in [0.05, 0.1) is 0 Å². The monoisotopic (exact) mass is 198 g/mol. The van der Waals surface area contributed by atoms with Gasteiger partial charge in [-0.15, -0.1) is 0 Å². The number of rotatable bonds is 0. The fraction of sp³-hybridized carbons (Fsp3) is 0.750. The largest absolute Gasteiger partial charge is 2.00 e. The van der Waals surface area contributed by atoms with Gasteiger partial charge in [-0.25, -0.2) is 0 Å². The minimum Gasteiger partial charge on any atom is -1.00 e. The molecular weight excluding hydrogens is 193 g/mol. The Balaban J connectivity index is 0. The standard InChI is InChI=1S/C4H7.BrH.Zn/c1-4-2-3-4;;/h4H,1-3H2;1H;/q-1;;+2/p-1. The number of halogens is 1. The molecule has 1 rings (SSSR count). The van der Waals surface area contributed by atoms with Crippen molar-refractivity contribution in [2.24, 2.45) is 5.92 Å². The van der Waals surface area contributed by atoms with Crippen LogP contribution in [-0.4, -0.2) is 0 Å². The van der Waals surface area contributed by atoms with Gasteiger partial charge in [-0.3, -0.25) is 0 Å². The van der Waals surface area contributed by atoms with Gasteiger partial charge in [-0.05, 0) is 0 Å². The zero-order chi connectivity index (χ0) is 2.99. The zero-order valence-electron chi connectivity index (χ0n) is 3.78. The summed E-state index contributed by atoms with van der Waals surface area (Å²) in [5, 5.41) is 0. The van der Waals surface area contributed by atoms with Crippen LogP contribution >= 0.6 is 0 Å². The summed E-state index contributed by atoms with van der Waals surface area (Å²) in [5.41, 5.74) is 0. The van der Waals surface area contributed by atoms with E-state index in [-0.39, 0.29) is 36.5 Å². The normalized spacial score (nSPS) is 17.5. The molecule has 32 valence electrons. The van der Waals surface area contributed by atoms with Crippen LogP contribution in [0.2, 0.25) is 0 Å². The average molecular weight is 200 g/mol. The summed E-state index contributed by atoms with van der Waals surface area (Å²) in [6, 6.07) is 0. The Morgan fingerprint density at radius 1 is 1.33 bits per heavy atom. The minimum atomic E-state index is 0. The van der Waals surface area contributed by atoms with E-state index in [9.17, 15) is 0 Å². The summed E-state index contributed by atoms with van der Waals surface area (Å²) >= 11 is 0. The molecule has 1 aliphatic carbocycles. The summed E-state index contributed by atoms with van der Waals surface area (Å²) in [6.45, 7) is 3.75.